The molecular formula is C25H22N2O4. The maximum absolute atomic E-state index is 11.1. The van der Waals surface area contributed by atoms with E-state index in [2.05, 4.69) is 25.1 Å². The van der Waals surface area contributed by atoms with Crippen molar-refractivity contribution in [2.45, 2.75) is 13.5 Å². The molecule has 0 unspecified atom stereocenters. The molecule has 0 aliphatic carbocycles. The summed E-state index contributed by atoms with van der Waals surface area (Å²) in [7, 11) is 0. The summed E-state index contributed by atoms with van der Waals surface area (Å²) in [6, 6.07) is 20.2. The summed E-state index contributed by atoms with van der Waals surface area (Å²) in [6.07, 6.45) is 0. The molecule has 0 bridgehead atoms. The van der Waals surface area contributed by atoms with E-state index in [0.717, 1.165) is 39.1 Å². The molecule has 6 nitrogen and oxygen atoms in total. The highest BCUT2D eigenvalue weighted by Gasteiger charge is 2.21. The van der Waals surface area contributed by atoms with Crippen molar-refractivity contribution in [3.8, 4) is 28.3 Å². The average Bonchev–Trinajstić information content (AvgIpc) is 3.06. The van der Waals surface area contributed by atoms with E-state index in [1.165, 1.54) is 0 Å². The Morgan fingerprint density at radius 2 is 1.90 bits per heavy atom. The largest absolute Gasteiger partial charge is 0.492 e. The van der Waals surface area contributed by atoms with E-state index >= 15 is 0 Å². The highest BCUT2D eigenvalue weighted by Crippen LogP contribution is 2.35. The van der Waals surface area contributed by atoms with Gasteiger partial charge in [-0.2, -0.15) is 0 Å². The summed E-state index contributed by atoms with van der Waals surface area (Å²) in [4.78, 5) is 17.7. The first-order valence-corrected chi connectivity index (χ1v) is 10.2. The lowest BCUT2D eigenvalue weighted by atomic mass is 9.96. The fourth-order valence-corrected chi connectivity index (χ4v) is 4.10. The van der Waals surface area contributed by atoms with Crippen LogP contribution < -0.4 is 4.74 Å². The van der Waals surface area contributed by atoms with Crippen LogP contribution in [0.3, 0.4) is 0 Å². The van der Waals surface area contributed by atoms with Gasteiger partial charge in [0.05, 0.1) is 6.54 Å². The molecule has 1 N–H and O–H groups in total. The van der Waals surface area contributed by atoms with Crippen LogP contribution in [0.2, 0.25) is 0 Å². The number of aromatic nitrogens is 1. The number of hydrogen-bond donors (Lipinski definition) is 1. The van der Waals surface area contributed by atoms with Gasteiger partial charge in [0, 0.05) is 30.3 Å². The van der Waals surface area contributed by atoms with Gasteiger partial charge in [-0.25, -0.2) is 4.98 Å². The Hall–Kier alpha value is -3.64. The van der Waals surface area contributed by atoms with Crippen molar-refractivity contribution < 1.29 is 19.1 Å². The molecule has 5 rings (SSSR count). The zero-order valence-electron chi connectivity index (χ0n) is 17.2. The Morgan fingerprint density at radius 3 is 2.71 bits per heavy atom. The van der Waals surface area contributed by atoms with Crippen LogP contribution in [0.25, 0.3) is 33.7 Å². The highest BCUT2D eigenvalue weighted by molar-refractivity contribution is 5.82. The molecule has 3 aromatic carbocycles. The van der Waals surface area contributed by atoms with E-state index in [9.17, 15) is 4.79 Å². The van der Waals surface area contributed by atoms with E-state index in [1.807, 2.05) is 47.4 Å². The number of carbonyl (C=O) groups is 1. The van der Waals surface area contributed by atoms with Crippen LogP contribution in [0, 0.1) is 6.92 Å². The molecule has 0 radical (unpaired) electrons. The number of fused-ring (bicyclic) bond motifs is 2. The number of hydrogen-bond acceptors (Lipinski definition) is 5. The molecule has 0 amide bonds. The van der Waals surface area contributed by atoms with Crippen LogP contribution in [-0.4, -0.2) is 40.7 Å². The van der Waals surface area contributed by atoms with E-state index in [-0.39, 0.29) is 6.54 Å². The van der Waals surface area contributed by atoms with Crippen LogP contribution in [0.1, 0.15) is 11.1 Å². The van der Waals surface area contributed by atoms with E-state index < -0.39 is 5.97 Å². The fourth-order valence-electron chi connectivity index (χ4n) is 4.10. The van der Waals surface area contributed by atoms with Crippen molar-refractivity contribution in [1.29, 1.82) is 0 Å². The number of benzene rings is 3. The molecule has 0 spiro atoms. The lowest BCUT2D eigenvalue weighted by Gasteiger charge is -2.15. The molecule has 0 saturated carbocycles. The molecule has 1 aliphatic heterocycles. The first-order valence-electron chi connectivity index (χ1n) is 10.2. The van der Waals surface area contributed by atoms with Crippen molar-refractivity contribution in [2.75, 3.05) is 19.7 Å². The molecule has 2 heterocycles. The van der Waals surface area contributed by atoms with Crippen molar-refractivity contribution in [1.82, 2.24) is 9.88 Å². The van der Waals surface area contributed by atoms with Gasteiger partial charge in [-0.05, 0) is 35.7 Å². The number of rotatable bonds is 4. The lowest BCUT2D eigenvalue weighted by molar-refractivity contribution is -0.138. The maximum atomic E-state index is 11.1. The molecule has 4 aromatic rings. The Morgan fingerprint density at radius 1 is 1.10 bits per heavy atom. The van der Waals surface area contributed by atoms with E-state index in [1.54, 1.807) is 0 Å². The number of ether oxygens (including phenoxy) is 1. The topological polar surface area (TPSA) is 75.8 Å². The summed E-state index contributed by atoms with van der Waals surface area (Å²) in [6.45, 7) is 3.56. The number of aliphatic carboxylic acids is 1. The van der Waals surface area contributed by atoms with Gasteiger partial charge >= 0.3 is 5.97 Å². The van der Waals surface area contributed by atoms with Gasteiger partial charge in [0.25, 0.3) is 0 Å². The van der Waals surface area contributed by atoms with Crippen LogP contribution in [-0.2, 0) is 11.3 Å². The Balaban J connectivity index is 1.54. The van der Waals surface area contributed by atoms with Gasteiger partial charge in [0.2, 0.25) is 5.89 Å². The smallest absolute Gasteiger partial charge is 0.317 e. The van der Waals surface area contributed by atoms with Crippen LogP contribution >= 0.6 is 0 Å². The van der Waals surface area contributed by atoms with Crippen molar-refractivity contribution in [3.63, 3.8) is 0 Å². The van der Waals surface area contributed by atoms with Crippen LogP contribution in [0.4, 0.5) is 0 Å². The Bertz CT molecular complexity index is 1260. The summed E-state index contributed by atoms with van der Waals surface area (Å²) < 4.78 is 12.0. The van der Waals surface area contributed by atoms with Gasteiger partial charge in [0.15, 0.2) is 5.58 Å². The molecule has 1 aliphatic rings. The normalized spacial score (nSPS) is 14.1. The van der Waals surface area contributed by atoms with Crippen LogP contribution in [0.5, 0.6) is 5.75 Å². The second-order valence-corrected chi connectivity index (χ2v) is 7.74. The fraction of sp³-hybridized carbons (Fsp3) is 0.200. The van der Waals surface area contributed by atoms with Crippen molar-refractivity contribution in [2.24, 2.45) is 0 Å². The SMILES string of the molecule is Cc1c(-c2ccccc2)cccc1-c1nc2cc3c(cc2o1)OCCN(CC(=O)O)C3. The molecular weight excluding hydrogens is 392 g/mol. The summed E-state index contributed by atoms with van der Waals surface area (Å²) in [5.41, 5.74) is 6.65. The third-order valence-corrected chi connectivity index (χ3v) is 5.64. The number of nitrogens with zero attached hydrogens (tertiary/aromatic N) is 2. The van der Waals surface area contributed by atoms with Gasteiger partial charge in [-0.15, -0.1) is 0 Å². The minimum atomic E-state index is -0.845. The molecule has 0 saturated heterocycles. The summed E-state index contributed by atoms with van der Waals surface area (Å²) in [5.74, 6) is 0.438. The van der Waals surface area contributed by atoms with Gasteiger partial charge in [0.1, 0.15) is 17.9 Å². The third kappa shape index (κ3) is 3.78. The summed E-state index contributed by atoms with van der Waals surface area (Å²) >= 11 is 0. The predicted octanol–water partition coefficient (Wildman–Crippen LogP) is 4.75. The Kier molecular flexibility index (Phi) is 4.92. The second-order valence-electron chi connectivity index (χ2n) is 7.74. The predicted molar refractivity (Wildman–Crippen MR) is 118 cm³/mol. The van der Waals surface area contributed by atoms with Gasteiger partial charge in [-0.3, -0.25) is 9.69 Å². The van der Waals surface area contributed by atoms with Crippen molar-refractivity contribution >= 4 is 17.1 Å². The first-order chi connectivity index (χ1) is 15.1. The zero-order chi connectivity index (χ0) is 21.4. The first kappa shape index (κ1) is 19.3. The van der Waals surface area contributed by atoms with E-state index in [0.29, 0.717) is 31.2 Å². The minimum Gasteiger partial charge on any atom is -0.492 e. The molecule has 31 heavy (non-hydrogen) atoms. The van der Waals surface area contributed by atoms with E-state index in [4.69, 9.17) is 19.2 Å². The molecule has 0 fully saturated rings. The zero-order valence-corrected chi connectivity index (χ0v) is 17.2. The monoisotopic (exact) mass is 414 g/mol. The number of carboxylic acids is 1. The Labute approximate surface area is 179 Å². The maximum Gasteiger partial charge on any atom is 0.317 e. The standard InChI is InChI=1S/C25H22N2O4/c1-16-19(17-6-3-2-4-7-17)8-5-9-20(16)25-26-21-12-18-14-27(15-24(28)29)10-11-30-22(18)13-23(21)31-25/h2-9,12-13H,10-11,14-15H2,1H3,(H,28,29). The van der Waals surface area contributed by atoms with Gasteiger partial charge < -0.3 is 14.3 Å². The van der Waals surface area contributed by atoms with Gasteiger partial charge in [-0.1, -0.05) is 42.5 Å². The molecule has 1 aromatic heterocycles. The lowest BCUT2D eigenvalue weighted by Crippen LogP contribution is -2.31. The average molecular weight is 414 g/mol. The molecule has 6 heteroatoms. The molecule has 156 valence electrons. The summed E-state index contributed by atoms with van der Waals surface area (Å²) in [5, 5.41) is 9.13. The highest BCUT2D eigenvalue weighted by atomic mass is 16.5. The number of carboxylic acid groups (broad SMARTS) is 1. The quantitative estimate of drug-likeness (QED) is 0.519. The number of oxazole rings is 1. The van der Waals surface area contributed by atoms with Crippen molar-refractivity contribution in [3.05, 3.63) is 71.8 Å². The third-order valence-electron chi connectivity index (χ3n) is 5.64. The van der Waals surface area contributed by atoms with Crippen LogP contribution in [0.15, 0.2) is 65.1 Å². The minimum absolute atomic E-state index is 0.0175. The second kappa shape index (κ2) is 7.89. The molecule has 0 atom stereocenters.